The number of aliphatic hydroxyl groups is 1. The number of hydrogen-bond donors (Lipinski definition) is 1. The predicted octanol–water partition coefficient (Wildman–Crippen LogP) is 4.99. The fraction of sp³-hybridized carbons (Fsp3) is 0.185. The van der Waals surface area contributed by atoms with Crippen molar-refractivity contribution in [3.8, 4) is 11.8 Å². The molecule has 0 bridgehead atoms. The molecule has 5 rings (SSSR count). The number of anilines is 1. The Kier molecular flexibility index (Phi) is 3.91. The van der Waals surface area contributed by atoms with Crippen molar-refractivity contribution in [3.63, 3.8) is 0 Å². The van der Waals surface area contributed by atoms with E-state index in [2.05, 4.69) is 49.1 Å². The molecule has 3 aromatic carbocycles. The van der Waals surface area contributed by atoms with E-state index in [9.17, 15) is 5.11 Å². The van der Waals surface area contributed by atoms with E-state index in [1.807, 2.05) is 66.5 Å². The van der Waals surface area contributed by atoms with Gasteiger partial charge in [0.05, 0.1) is 11.0 Å². The number of fused-ring (bicyclic) bond motifs is 3. The standard InChI is InChI=1S/C27H23NO/c1-26-19-22(21-13-7-4-8-14-21)23(18-17-20-11-5-3-6-12-20)27(26,29)28(2)25-16-10-9-15-24(25)26/h3-16,29H,19H2,1-2H3. The molecule has 142 valence electrons. The number of likely N-dealkylation sites (N-methyl/N-ethyl adjacent to an activating group) is 1. The highest BCUT2D eigenvalue weighted by Crippen LogP contribution is 2.61. The van der Waals surface area contributed by atoms with E-state index in [1.54, 1.807) is 0 Å². The maximum Gasteiger partial charge on any atom is 0.182 e. The van der Waals surface area contributed by atoms with Crippen LogP contribution in [0.5, 0.6) is 0 Å². The van der Waals surface area contributed by atoms with Gasteiger partial charge in [-0.3, -0.25) is 0 Å². The normalized spacial score (nSPS) is 24.7. The Balaban J connectivity index is 1.74. The molecule has 2 nitrogen and oxygen atoms in total. The van der Waals surface area contributed by atoms with Gasteiger partial charge in [0.1, 0.15) is 0 Å². The Morgan fingerprint density at radius 1 is 0.828 bits per heavy atom. The molecule has 0 aromatic heterocycles. The summed E-state index contributed by atoms with van der Waals surface area (Å²) in [4.78, 5) is 2.01. The van der Waals surface area contributed by atoms with E-state index in [1.165, 1.54) is 5.56 Å². The first-order valence-corrected chi connectivity index (χ1v) is 9.97. The van der Waals surface area contributed by atoms with Gasteiger partial charge in [0.2, 0.25) is 0 Å². The molecule has 3 aromatic rings. The largest absolute Gasteiger partial charge is 0.365 e. The van der Waals surface area contributed by atoms with Gasteiger partial charge in [0, 0.05) is 18.3 Å². The second kappa shape index (κ2) is 6.37. The highest BCUT2D eigenvalue weighted by Gasteiger charge is 2.63. The quantitative estimate of drug-likeness (QED) is 0.604. The lowest BCUT2D eigenvalue weighted by Crippen LogP contribution is -2.54. The molecule has 2 atom stereocenters. The summed E-state index contributed by atoms with van der Waals surface area (Å²) >= 11 is 0. The third-order valence-electron chi connectivity index (χ3n) is 6.52. The van der Waals surface area contributed by atoms with Crippen molar-refractivity contribution >= 4 is 11.3 Å². The van der Waals surface area contributed by atoms with Crippen LogP contribution in [0.1, 0.15) is 30.0 Å². The number of nitrogens with zero attached hydrogens (tertiary/aromatic N) is 1. The van der Waals surface area contributed by atoms with Crippen LogP contribution in [0.4, 0.5) is 5.69 Å². The topological polar surface area (TPSA) is 23.5 Å². The van der Waals surface area contributed by atoms with Crippen molar-refractivity contribution in [3.05, 3.63) is 107 Å². The molecule has 0 spiro atoms. The van der Waals surface area contributed by atoms with Crippen molar-refractivity contribution in [1.82, 2.24) is 0 Å². The summed E-state index contributed by atoms with van der Waals surface area (Å²) in [7, 11) is 1.97. The van der Waals surface area contributed by atoms with Crippen LogP contribution < -0.4 is 4.90 Å². The molecule has 2 aliphatic rings. The molecule has 0 radical (unpaired) electrons. The van der Waals surface area contributed by atoms with Gasteiger partial charge in [0.25, 0.3) is 0 Å². The first-order chi connectivity index (χ1) is 14.1. The zero-order chi connectivity index (χ0) is 20.1. The van der Waals surface area contributed by atoms with Crippen LogP contribution in [0.25, 0.3) is 5.57 Å². The summed E-state index contributed by atoms with van der Waals surface area (Å²) < 4.78 is 0. The van der Waals surface area contributed by atoms with E-state index in [4.69, 9.17) is 0 Å². The Morgan fingerprint density at radius 2 is 1.45 bits per heavy atom. The molecule has 1 aliphatic heterocycles. The number of para-hydroxylation sites is 1. The zero-order valence-electron chi connectivity index (χ0n) is 16.7. The van der Waals surface area contributed by atoms with E-state index in [-0.39, 0.29) is 0 Å². The fourth-order valence-corrected chi connectivity index (χ4v) is 4.98. The summed E-state index contributed by atoms with van der Waals surface area (Å²) in [6, 6.07) is 28.6. The molecule has 1 N–H and O–H groups in total. The van der Waals surface area contributed by atoms with Crippen molar-refractivity contribution in [1.29, 1.82) is 0 Å². The smallest absolute Gasteiger partial charge is 0.182 e. The second-order valence-corrected chi connectivity index (χ2v) is 8.09. The first-order valence-electron chi connectivity index (χ1n) is 9.97. The van der Waals surface area contributed by atoms with Crippen LogP contribution in [-0.2, 0) is 5.41 Å². The number of benzene rings is 3. The molecule has 2 heteroatoms. The molecule has 1 heterocycles. The van der Waals surface area contributed by atoms with Crippen LogP contribution in [0.3, 0.4) is 0 Å². The average Bonchev–Trinajstić information content (AvgIpc) is 3.10. The van der Waals surface area contributed by atoms with Crippen molar-refractivity contribution in [2.75, 3.05) is 11.9 Å². The van der Waals surface area contributed by atoms with Crippen LogP contribution >= 0.6 is 0 Å². The predicted molar refractivity (Wildman–Crippen MR) is 118 cm³/mol. The molecule has 0 saturated heterocycles. The second-order valence-electron chi connectivity index (χ2n) is 8.09. The van der Waals surface area contributed by atoms with Gasteiger partial charge in [0.15, 0.2) is 5.72 Å². The molecule has 2 unspecified atom stereocenters. The minimum Gasteiger partial charge on any atom is -0.365 e. The third-order valence-corrected chi connectivity index (χ3v) is 6.52. The lowest BCUT2D eigenvalue weighted by Gasteiger charge is -2.39. The van der Waals surface area contributed by atoms with E-state index < -0.39 is 11.1 Å². The van der Waals surface area contributed by atoms with Gasteiger partial charge >= 0.3 is 0 Å². The summed E-state index contributed by atoms with van der Waals surface area (Å²) in [6.07, 6.45) is 0.744. The zero-order valence-corrected chi connectivity index (χ0v) is 16.7. The summed E-state index contributed by atoms with van der Waals surface area (Å²) in [5.74, 6) is 6.68. The molecule has 0 amide bonds. The Morgan fingerprint density at radius 3 is 2.17 bits per heavy atom. The van der Waals surface area contributed by atoms with Gasteiger partial charge in [-0.05, 0) is 41.3 Å². The Bertz CT molecular complexity index is 1170. The molecular formula is C27H23NO. The van der Waals surface area contributed by atoms with Crippen LogP contribution in [0, 0.1) is 11.8 Å². The van der Waals surface area contributed by atoms with E-state index >= 15 is 0 Å². The van der Waals surface area contributed by atoms with Gasteiger partial charge < -0.3 is 10.0 Å². The van der Waals surface area contributed by atoms with Gasteiger partial charge in [-0.2, -0.15) is 0 Å². The highest BCUT2D eigenvalue weighted by atomic mass is 16.3. The molecular weight excluding hydrogens is 354 g/mol. The lowest BCUT2D eigenvalue weighted by atomic mass is 9.75. The summed E-state index contributed by atoms with van der Waals surface area (Å²) in [5.41, 5.74) is 4.61. The van der Waals surface area contributed by atoms with Gasteiger partial charge in [-0.15, -0.1) is 0 Å². The van der Waals surface area contributed by atoms with E-state index in [0.717, 1.165) is 34.4 Å². The fourth-order valence-electron chi connectivity index (χ4n) is 4.98. The summed E-state index contributed by atoms with van der Waals surface area (Å²) in [5, 5.41) is 12.2. The Labute approximate surface area is 172 Å². The number of rotatable bonds is 1. The van der Waals surface area contributed by atoms with Crippen molar-refractivity contribution in [2.45, 2.75) is 24.5 Å². The van der Waals surface area contributed by atoms with Crippen LogP contribution in [-0.4, -0.2) is 17.9 Å². The maximum absolute atomic E-state index is 12.2. The van der Waals surface area contributed by atoms with Crippen molar-refractivity contribution in [2.24, 2.45) is 0 Å². The number of allylic oxidation sites excluding steroid dienone is 1. The highest BCUT2D eigenvalue weighted by molar-refractivity contribution is 5.86. The number of hydrogen-bond acceptors (Lipinski definition) is 2. The molecule has 0 saturated carbocycles. The monoisotopic (exact) mass is 377 g/mol. The minimum atomic E-state index is -1.18. The summed E-state index contributed by atoms with van der Waals surface area (Å²) in [6.45, 7) is 2.16. The molecule has 1 aliphatic carbocycles. The van der Waals surface area contributed by atoms with Gasteiger partial charge in [-0.1, -0.05) is 85.5 Å². The van der Waals surface area contributed by atoms with Crippen LogP contribution in [0.15, 0.2) is 90.5 Å². The van der Waals surface area contributed by atoms with Crippen molar-refractivity contribution < 1.29 is 5.11 Å². The SMILES string of the molecule is CN1c2ccccc2C2(C)CC(c3ccccc3)=C(C#Cc3ccccc3)C12O. The molecule has 29 heavy (non-hydrogen) atoms. The average molecular weight is 377 g/mol. The van der Waals surface area contributed by atoms with E-state index in [0.29, 0.717) is 0 Å². The maximum atomic E-state index is 12.2. The minimum absolute atomic E-state index is 0.454. The third kappa shape index (κ3) is 2.41. The van der Waals surface area contributed by atoms with Gasteiger partial charge in [-0.25, -0.2) is 0 Å². The Hall–Kier alpha value is -3.28. The lowest BCUT2D eigenvalue weighted by molar-refractivity contribution is 0.0309. The van der Waals surface area contributed by atoms with Crippen LogP contribution in [0.2, 0.25) is 0 Å². The first kappa shape index (κ1) is 17.8. The molecule has 0 fully saturated rings.